The highest BCUT2D eigenvalue weighted by Crippen LogP contribution is 2.44. The number of nitrogens with zero attached hydrogens (tertiary/aromatic N) is 1. The highest BCUT2D eigenvalue weighted by atomic mass is 79.9. The molecule has 0 saturated carbocycles. The van der Waals surface area contributed by atoms with Gasteiger partial charge in [0.15, 0.2) is 11.4 Å². The Bertz CT molecular complexity index is 1080. The van der Waals surface area contributed by atoms with Gasteiger partial charge in [-0.25, -0.2) is 0 Å². The molecule has 29 heavy (non-hydrogen) atoms. The quantitative estimate of drug-likeness (QED) is 0.570. The van der Waals surface area contributed by atoms with Gasteiger partial charge in [0.1, 0.15) is 0 Å². The van der Waals surface area contributed by atoms with Crippen LogP contribution in [0.4, 0.5) is 5.69 Å². The number of halogens is 1. The number of rotatable bonds is 5. The highest BCUT2D eigenvalue weighted by Gasteiger charge is 2.51. The van der Waals surface area contributed by atoms with Crippen LogP contribution >= 0.6 is 15.9 Å². The fourth-order valence-corrected chi connectivity index (χ4v) is 4.05. The van der Waals surface area contributed by atoms with Gasteiger partial charge in [0.25, 0.3) is 5.91 Å². The molecule has 0 fully saturated rings. The molecular formula is C24H20BrNO3. The summed E-state index contributed by atoms with van der Waals surface area (Å²) in [6.07, 6.45) is -0.302. The molecule has 0 radical (unpaired) electrons. The van der Waals surface area contributed by atoms with Gasteiger partial charge in [0, 0.05) is 15.6 Å². The number of fused-ring (bicyclic) bond motifs is 1. The average Bonchev–Trinajstić information content (AvgIpc) is 2.91. The zero-order valence-corrected chi connectivity index (χ0v) is 17.5. The number of aliphatic hydroxyl groups is 1. The van der Waals surface area contributed by atoms with Crippen LogP contribution in [0.2, 0.25) is 0 Å². The summed E-state index contributed by atoms with van der Waals surface area (Å²) in [5.74, 6) is -0.747. The van der Waals surface area contributed by atoms with Gasteiger partial charge in [0.05, 0.1) is 18.7 Å². The van der Waals surface area contributed by atoms with E-state index >= 15 is 0 Å². The minimum Gasteiger partial charge on any atom is -0.375 e. The Kier molecular flexibility index (Phi) is 5.11. The van der Waals surface area contributed by atoms with Crippen molar-refractivity contribution in [1.82, 2.24) is 0 Å². The second kappa shape index (κ2) is 7.58. The Labute approximate surface area is 177 Å². The number of anilines is 1. The maximum atomic E-state index is 13.3. The van der Waals surface area contributed by atoms with E-state index in [1.807, 2.05) is 55.5 Å². The third-order valence-corrected chi connectivity index (χ3v) is 5.76. The van der Waals surface area contributed by atoms with Crippen molar-refractivity contribution in [1.29, 1.82) is 0 Å². The van der Waals surface area contributed by atoms with Crippen LogP contribution in [-0.4, -0.2) is 16.8 Å². The second-order valence-corrected chi connectivity index (χ2v) is 8.28. The van der Waals surface area contributed by atoms with Crippen LogP contribution in [0.15, 0.2) is 77.3 Å². The molecule has 146 valence electrons. The summed E-state index contributed by atoms with van der Waals surface area (Å²) >= 11 is 3.42. The van der Waals surface area contributed by atoms with E-state index < -0.39 is 11.5 Å². The molecule has 0 saturated heterocycles. The van der Waals surface area contributed by atoms with Crippen LogP contribution in [0.5, 0.6) is 0 Å². The van der Waals surface area contributed by atoms with Crippen LogP contribution in [0.3, 0.4) is 0 Å². The number of hydrogen-bond donors (Lipinski definition) is 1. The fourth-order valence-electron chi connectivity index (χ4n) is 3.69. The van der Waals surface area contributed by atoms with Crippen LogP contribution in [0.25, 0.3) is 0 Å². The van der Waals surface area contributed by atoms with Crippen molar-refractivity contribution in [3.8, 4) is 0 Å². The van der Waals surface area contributed by atoms with E-state index in [0.29, 0.717) is 23.4 Å². The molecule has 1 heterocycles. The van der Waals surface area contributed by atoms with Gasteiger partial charge in [-0.3, -0.25) is 9.59 Å². The van der Waals surface area contributed by atoms with Crippen molar-refractivity contribution >= 4 is 33.3 Å². The molecule has 1 atom stereocenters. The number of carbonyl (C=O) groups is 2. The molecule has 4 rings (SSSR count). The van der Waals surface area contributed by atoms with E-state index in [9.17, 15) is 14.7 Å². The van der Waals surface area contributed by atoms with E-state index in [-0.39, 0.29) is 12.2 Å². The van der Waals surface area contributed by atoms with Crippen molar-refractivity contribution in [2.45, 2.75) is 25.5 Å². The van der Waals surface area contributed by atoms with Gasteiger partial charge in [0.2, 0.25) is 0 Å². The monoisotopic (exact) mass is 449 g/mol. The van der Waals surface area contributed by atoms with Gasteiger partial charge < -0.3 is 10.0 Å². The number of benzene rings is 3. The molecule has 0 aliphatic carbocycles. The molecule has 1 aliphatic rings. The van der Waals surface area contributed by atoms with Crippen LogP contribution < -0.4 is 4.90 Å². The number of aryl methyl sites for hydroxylation is 1. The average molecular weight is 450 g/mol. The van der Waals surface area contributed by atoms with Crippen molar-refractivity contribution < 1.29 is 14.7 Å². The first-order valence-electron chi connectivity index (χ1n) is 9.37. The number of carbonyl (C=O) groups excluding carboxylic acids is 2. The Morgan fingerprint density at radius 3 is 2.41 bits per heavy atom. The third kappa shape index (κ3) is 3.63. The predicted molar refractivity (Wildman–Crippen MR) is 116 cm³/mol. The minimum absolute atomic E-state index is 0.270. The van der Waals surface area contributed by atoms with Gasteiger partial charge in [-0.1, -0.05) is 76.1 Å². The standard InChI is InChI=1S/C24H20BrNO3/c1-16-7-9-18(10-8-16)22(27)14-24(29)20-13-19(25)11-12-21(20)26(23(24)28)15-17-5-3-2-4-6-17/h2-13,29H,14-15H2,1H3/t24-/m0/s1. The Hall–Kier alpha value is -2.76. The van der Waals surface area contributed by atoms with E-state index in [1.54, 1.807) is 29.2 Å². The predicted octanol–water partition coefficient (Wildman–Crippen LogP) is 4.76. The lowest BCUT2D eigenvalue weighted by Gasteiger charge is -2.23. The third-order valence-electron chi connectivity index (χ3n) is 5.27. The van der Waals surface area contributed by atoms with Crippen molar-refractivity contribution in [2.75, 3.05) is 4.90 Å². The Morgan fingerprint density at radius 1 is 1.03 bits per heavy atom. The highest BCUT2D eigenvalue weighted by molar-refractivity contribution is 9.10. The summed E-state index contributed by atoms with van der Waals surface area (Å²) in [5, 5.41) is 11.4. The van der Waals surface area contributed by atoms with Crippen molar-refractivity contribution in [3.05, 3.63) is 99.5 Å². The normalized spacial score (nSPS) is 18.0. The first-order valence-corrected chi connectivity index (χ1v) is 10.2. The molecule has 4 nitrogen and oxygen atoms in total. The molecule has 0 unspecified atom stereocenters. The van der Waals surface area contributed by atoms with Gasteiger partial charge in [-0.15, -0.1) is 0 Å². The number of Topliss-reactive ketones (excluding diaryl/α,β-unsaturated/α-hetero) is 1. The SMILES string of the molecule is Cc1ccc(C(=O)C[C@@]2(O)C(=O)N(Cc3ccccc3)c3ccc(Br)cc32)cc1. The molecule has 1 N–H and O–H groups in total. The van der Waals surface area contributed by atoms with E-state index in [0.717, 1.165) is 15.6 Å². The number of hydrogen-bond acceptors (Lipinski definition) is 3. The van der Waals surface area contributed by atoms with Crippen molar-refractivity contribution in [2.24, 2.45) is 0 Å². The lowest BCUT2D eigenvalue weighted by Crippen LogP contribution is -2.41. The molecule has 1 aliphatic heterocycles. The Balaban J connectivity index is 1.71. The molecule has 0 bridgehead atoms. The molecule has 0 spiro atoms. The van der Waals surface area contributed by atoms with Gasteiger partial charge in [-0.05, 0) is 30.7 Å². The lowest BCUT2D eigenvalue weighted by atomic mass is 9.88. The molecule has 5 heteroatoms. The topological polar surface area (TPSA) is 57.6 Å². The largest absolute Gasteiger partial charge is 0.375 e. The summed E-state index contributed by atoms with van der Waals surface area (Å²) in [5.41, 5.74) is 1.66. The van der Waals surface area contributed by atoms with Gasteiger partial charge >= 0.3 is 0 Å². The molecule has 0 aromatic heterocycles. The molecule has 3 aromatic rings. The van der Waals surface area contributed by atoms with Crippen molar-refractivity contribution in [3.63, 3.8) is 0 Å². The summed E-state index contributed by atoms with van der Waals surface area (Å²) < 4.78 is 0.742. The van der Waals surface area contributed by atoms with Gasteiger partial charge in [-0.2, -0.15) is 0 Å². The van der Waals surface area contributed by atoms with Crippen LogP contribution in [0.1, 0.15) is 33.5 Å². The Morgan fingerprint density at radius 2 is 1.72 bits per heavy atom. The summed E-state index contributed by atoms with van der Waals surface area (Å²) in [6, 6.07) is 22.1. The van der Waals surface area contributed by atoms with Crippen LogP contribution in [0, 0.1) is 6.92 Å². The summed E-state index contributed by atoms with van der Waals surface area (Å²) in [7, 11) is 0. The maximum absolute atomic E-state index is 13.3. The first kappa shape index (κ1) is 19.6. The molecule has 1 amide bonds. The summed E-state index contributed by atoms with van der Waals surface area (Å²) in [4.78, 5) is 27.8. The van der Waals surface area contributed by atoms with E-state index in [4.69, 9.17) is 0 Å². The summed E-state index contributed by atoms with van der Waals surface area (Å²) in [6.45, 7) is 2.27. The second-order valence-electron chi connectivity index (χ2n) is 7.36. The van der Waals surface area contributed by atoms with Crippen LogP contribution in [-0.2, 0) is 16.9 Å². The zero-order valence-electron chi connectivity index (χ0n) is 15.9. The number of amides is 1. The van der Waals surface area contributed by atoms with E-state index in [2.05, 4.69) is 15.9 Å². The molecule has 3 aromatic carbocycles. The van der Waals surface area contributed by atoms with E-state index in [1.165, 1.54) is 0 Å². The minimum atomic E-state index is -1.89. The first-order chi connectivity index (χ1) is 13.9. The maximum Gasteiger partial charge on any atom is 0.264 e. The lowest BCUT2D eigenvalue weighted by molar-refractivity contribution is -0.136. The zero-order chi connectivity index (χ0) is 20.6. The number of ketones is 1. The molecular weight excluding hydrogens is 430 g/mol. The fraction of sp³-hybridized carbons (Fsp3) is 0.167. The smallest absolute Gasteiger partial charge is 0.264 e.